The lowest BCUT2D eigenvalue weighted by Gasteiger charge is -2.47. The summed E-state index contributed by atoms with van der Waals surface area (Å²) >= 11 is 0. The first-order valence-electron chi connectivity index (χ1n) is 12.9. The van der Waals surface area contributed by atoms with Gasteiger partial charge in [-0.25, -0.2) is 9.18 Å². The zero-order valence-corrected chi connectivity index (χ0v) is 22.3. The summed E-state index contributed by atoms with van der Waals surface area (Å²) in [5.74, 6) is -3.17. The Kier molecular flexibility index (Phi) is 6.22. The number of benzene rings is 1. The number of rotatable bonds is 4. The van der Waals surface area contributed by atoms with Gasteiger partial charge >= 0.3 is 12.3 Å². The average Bonchev–Trinajstić information content (AvgIpc) is 3.43. The molecule has 1 aromatic carbocycles. The van der Waals surface area contributed by atoms with E-state index in [1.807, 2.05) is 6.07 Å². The number of hydrazine groups is 1. The zero-order chi connectivity index (χ0) is 29.3. The molecule has 1 aromatic heterocycles. The molecule has 4 atom stereocenters. The fraction of sp³-hybridized carbons (Fsp3) is 0.556. The van der Waals surface area contributed by atoms with Gasteiger partial charge in [0.1, 0.15) is 11.5 Å². The summed E-state index contributed by atoms with van der Waals surface area (Å²) in [6.45, 7) is 4.45. The summed E-state index contributed by atoms with van der Waals surface area (Å²) in [4.78, 5) is 32.0. The summed E-state index contributed by atoms with van der Waals surface area (Å²) in [5.41, 5.74) is 0.856. The van der Waals surface area contributed by atoms with Gasteiger partial charge in [-0.1, -0.05) is 20.8 Å². The SMILES string of the molecule is CC(C)(C)C1CC(F)(NNC(=O)[C@]23CN(c4ccc(C#N)c5ncccc45)C[C@@]2(C(F)(F)F)C3)CCN1C(=O)O. The Hall–Kier alpha value is -3.66. The number of pyridine rings is 1. The molecule has 5 rings (SSSR count). The summed E-state index contributed by atoms with van der Waals surface area (Å²) < 4.78 is 59.3. The molecule has 2 aromatic rings. The average molecular weight is 563 g/mol. The number of alkyl halides is 4. The van der Waals surface area contributed by atoms with E-state index in [1.54, 1.807) is 39.0 Å². The molecule has 13 heteroatoms. The number of halogens is 4. The van der Waals surface area contributed by atoms with Crippen LogP contribution in [0.1, 0.15) is 45.6 Å². The molecule has 3 N–H and O–H groups in total. The molecule has 1 aliphatic carbocycles. The minimum Gasteiger partial charge on any atom is -0.465 e. The number of fused-ring (bicyclic) bond motifs is 2. The van der Waals surface area contributed by atoms with Gasteiger partial charge in [0.25, 0.3) is 0 Å². The van der Waals surface area contributed by atoms with E-state index in [1.165, 1.54) is 17.2 Å². The zero-order valence-electron chi connectivity index (χ0n) is 22.3. The summed E-state index contributed by atoms with van der Waals surface area (Å²) in [5, 5.41) is 19.5. The van der Waals surface area contributed by atoms with Crippen LogP contribution in [0.4, 0.5) is 28.0 Å². The molecule has 0 bridgehead atoms. The van der Waals surface area contributed by atoms with Crippen molar-refractivity contribution in [3.05, 3.63) is 36.0 Å². The van der Waals surface area contributed by atoms with Crippen LogP contribution >= 0.6 is 0 Å². The Balaban J connectivity index is 1.39. The Labute approximate surface area is 228 Å². The molecule has 2 amide bonds. The number of aromatic nitrogens is 1. The largest absolute Gasteiger partial charge is 0.465 e. The summed E-state index contributed by atoms with van der Waals surface area (Å²) in [7, 11) is 0. The molecule has 3 aliphatic rings. The normalized spacial score (nSPS) is 30.1. The van der Waals surface area contributed by atoms with Gasteiger partial charge in [0, 0.05) is 55.8 Å². The number of nitrogens with zero attached hydrogens (tertiary/aromatic N) is 4. The lowest BCUT2D eigenvalue weighted by atomic mass is 9.78. The number of nitriles is 1. The number of carbonyl (C=O) groups is 2. The van der Waals surface area contributed by atoms with Crippen LogP contribution in [0.25, 0.3) is 10.9 Å². The van der Waals surface area contributed by atoms with Crippen molar-refractivity contribution in [1.82, 2.24) is 20.7 Å². The predicted molar refractivity (Wildman–Crippen MR) is 137 cm³/mol. The third-order valence-electron chi connectivity index (χ3n) is 8.79. The maximum Gasteiger partial charge on any atom is 0.407 e. The fourth-order valence-corrected chi connectivity index (χ4v) is 6.49. The first-order valence-corrected chi connectivity index (χ1v) is 12.9. The van der Waals surface area contributed by atoms with Crippen LogP contribution in [0.15, 0.2) is 30.5 Å². The van der Waals surface area contributed by atoms with E-state index in [4.69, 9.17) is 0 Å². The highest BCUT2D eigenvalue weighted by atomic mass is 19.4. The molecule has 2 unspecified atom stereocenters. The van der Waals surface area contributed by atoms with E-state index in [9.17, 15) is 33.1 Å². The smallest absolute Gasteiger partial charge is 0.407 e. The number of likely N-dealkylation sites (tertiary alicyclic amines) is 1. The second-order valence-electron chi connectivity index (χ2n) is 12.2. The van der Waals surface area contributed by atoms with Gasteiger partial charge in [0.2, 0.25) is 5.91 Å². The minimum absolute atomic E-state index is 0.137. The van der Waals surface area contributed by atoms with Crippen molar-refractivity contribution in [1.29, 1.82) is 5.26 Å². The number of piperidine rings is 2. The van der Waals surface area contributed by atoms with Gasteiger partial charge in [-0.05, 0) is 36.1 Å². The van der Waals surface area contributed by atoms with Crippen molar-refractivity contribution < 1.29 is 32.3 Å². The van der Waals surface area contributed by atoms with Crippen molar-refractivity contribution >= 4 is 28.6 Å². The van der Waals surface area contributed by atoms with Crippen LogP contribution in [-0.2, 0) is 4.79 Å². The monoisotopic (exact) mass is 562 g/mol. The number of hydrogen-bond acceptors (Lipinski definition) is 6. The van der Waals surface area contributed by atoms with E-state index in [-0.39, 0.29) is 31.5 Å². The van der Waals surface area contributed by atoms with E-state index in [0.717, 1.165) is 4.90 Å². The first kappa shape index (κ1) is 27.9. The van der Waals surface area contributed by atoms with Crippen LogP contribution in [0.3, 0.4) is 0 Å². The summed E-state index contributed by atoms with van der Waals surface area (Å²) in [6, 6.07) is 7.65. The molecular weight excluding hydrogens is 532 g/mol. The molecule has 0 spiro atoms. The van der Waals surface area contributed by atoms with Crippen LogP contribution < -0.4 is 15.8 Å². The molecule has 214 valence electrons. The number of carbonyl (C=O) groups excluding carboxylic acids is 1. The molecule has 1 saturated carbocycles. The minimum atomic E-state index is -4.70. The molecule has 2 saturated heterocycles. The Morgan fingerprint density at radius 2 is 1.93 bits per heavy atom. The van der Waals surface area contributed by atoms with Crippen LogP contribution in [-0.4, -0.2) is 64.6 Å². The topological polar surface area (TPSA) is 122 Å². The number of anilines is 1. The molecule has 40 heavy (non-hydrogen) atoms. The Morgan fingerprint density at radius 1 is 1.20 bits per heavy atom. The number of hydrogen-bond donors (Lipinski definition) is 3. The first-order chi connectivity index (χ1) is 18.6. The van der Waals surface area contributed by atoms with E-state index < -0.39 is 59.2 Å². The molecular formula is C27H30F4N6O3. The Bertz CT molecular complexity index is 1420. The van der Waals surface area contributed by atoms with Gasteiger partial charge < -0.3 is 14.9 Å². The van der Waals surface area contributed by atoms with E-state index in [0.29, 0.717) is 16.6 Å². The molecule has 3 fully saturated rings. The summed E-state index contributed by atoms with van der Waals surface area (Å²) in [6.07, 6.45) is -5.39. The third kappa shape index (κ3) is 4.20. The lowest BCUT2D eigenvalue weighted by molar-refractivity contribution is -0.192. The van der Waals surface area contributed by atoms with Gasteiger partial charge in [0.15, 0.2) is 5.79 Å². The molecule has 0 radical (unpaired) electrons. The highest BCUT2D eigenvalue weighted by Crippen LogP contribution is 2.75. The van der Waals surface area contributed by atoms with Gasteiger partial charge in [-0.2, -0.15) is 23.9 Å². The second-order valence-corrected chi connectivity index (χ2v) is 12.2. The lowest BCUT2D eigenvalue weighted by Crippen LogP contribution is -2.63. The fourth-order valence-electron chi connectivity index (χ4n) is 6.49. The van der Waals surface area contributed by atoms with Gasteiger partial charge in [-0.3, -0.25) is 15.2 Å². The van der Waals surface area contributed by atoms with Crippen molar-refractivity contribution in [3.63, 3.8) is 0 Å². The number of nitrogens with one attached hydrogen (secondary N) is 2. The second kappa shape index (κ2) is 8.92. The van der Waals surface area contributed by atoms with Crippen LogP contribution in [0.2, 0.25) is 0 Å². The van der Waals surface area contributed by atoms with E-state index >= 15 is 4.39 Å². The third-order valence-corrected chi connectivity index (χ3v) is 8.79. The standard InChI is InChI=1S/C27H30F4N6O3/c1-23(2,3)19-11-26(28,8-10-37(19)22(39)40)35-34-21(38)24-13-25(24,27(29,30)31)15-36(14-24)18-7-6-16(12-32)20-17(18)5-4-9-33-20/h4-7,9,19,35H,8,10-11,13-15H2,1-3H3,(H,34,38)(H,39,40)/t19?,24-,25-,26?/m0/s1. The quantitative estimate of drug-likeness (QED) is 0.288. The maximum atomic E-state index is 15.9. The molecule has 2 aliphatic heterocycles. The number of carboxylic acid groups (broad SMARTS) is 1. The highest BCUT2D eigenvalue weighted by Gasteiger charge is 2.86. The van der Waals surface area contributed by atoms with E-state index in [2.05, 4.69) is 15.8 Å². The predicted octanol–water partition coefficient (Wildman–Crippen LogP) is 4.34. The van der Waals surface area contributed by atoms with Gasteiger partial charge in [-0.15, -0.1) is 0 Å². The van der Waals surface area contributed by atoms with Crippen molar-refractivity contribution in [2.24, 2.45) is 16.2 Å². The van der Waals surface area contributed by atoms with Crippen molar-refractivity contribution in [3.8, 4) is 6.07 Å². The molecule has 3 heterocycles. The van der Waals surface area contributed by atoms with Gasteiger partial charge in [0.05, 0.1) is 16.5 Å². The van der Waals surface area contributed by atoms with Crippen molar-refractivity contribution in [2.45, 2.75) is 58.0 Å². The number of amides is 2. The van der Waals surface area contributed by atoms with Crippen LogP contribution in [0.5, 0.6) is 0 Å². The Morgan fingerprint density at radius 3 is 2.55 bits per heavy atom. The highest BCUT2D eigenvalue weighted by molar-refractivity contribution is 5.97. The molecule has 9 nitrogen and oxygen atoms in total. The maximum absolute atomic E-state index is 15.9. The van der Waals surface area contributed by atoms with Crippen LogP contribution in [0, 0.1) is 27.6 Å². The van der Waals surface area contributed by atoms with Crippen molar-refractivity contribution in [2.75, 3.05) is 24.5 Å².